The van der Waals surface area contributed by atoms with E-state index in [1.807, 2.05) is 29.6 Å². The molecule has 6 nitrogen and oxygen atoms in total. The van der Waals surface area contributed by atoms with Gasteiger partial charge in [-0.1, -0.05) is 23.7 Å². The standard InChI is InChI=1S/C18H14ClFN6S/c19-13-8-10(2-4-14(13)20)23-18-16-12(5-6-27-16)11-3-1-9(7-15(11)24-18)17(25-21)26-22/h1-8H,21-22H2,(H,23,24)(H,25,26). The van der Waals surface area contributed by atoms with Crippen molar-refractivity contribution in [3.8, 4) is 0 Å². The number of hydrazone groups is 1. The molecular formula is C18H14ClFN6S. The summed E-state index contributed by atoms with van der Waals surface area (Å²) in [7, 11) is 0. The van der Waals surface area contributed by atoms with E-state index in [1.165, 1.54) is 12.1 Å². The SMILES string of the molecule is N/N=C(\NN)c1ccc2c(c1)nc(Nc1ccc(F)c(Cl)c1)c1sccc12. The van der Waals surface area contributed by atoms with Crippen LogP contribution in [0, 0.1) is 5.82 Å². The Bertz CT molecular complexity index is 1190. The number of hydrazine groups is 1. The molecule has 0 aliphatic heterocycles. The van der Waals surface area contributed by atoms with E-state index < -0.39 is 5.82 Å². The number of nitrogens with two attached hydrogens (primary N) is 2. The molecule has 6 N–H and O–H groups in total. The maximum Gasteiger partial charge on any atom is 0.166 e. The maximum atomic E-state index is 13.4. The summed E-state index contributed by atoms with van der Waals surface area (Å²) in [4.78, 5) is 4.73. The third-order valence-corrected chi connectivity index (χ3v) is 5.33. The summed E-state index contributed by atoms with van der Waals surface area (Å²) in [6, 6.07) is 12.2. The molecule has 0 saturated heterocycles. The van der Waals surface area contributed by atoms with Crippen molar-refractivity contribution >= 4 is 61.3 Å². The molecule has 27 heavy (non-hydrogen) atoms. The molecule has 0 spiro atoms. The predicted molar refractivity (Wildman–Crippen MR) is 110 cm³/mol. The first-order valence-corrected chi connectivity index (χ1v) is 9.14. The molecule has 4 rings (SSSR count). The molecule has 2 aromatic carbocycles. The lowest BCUT2D eigenvalue weighted by Gasteiger charge is -2.11. The Balaban J connectivity index is 1.87. The number of anilines is 2. The minimum atomic E-state index is -0.470. The van der Waals surface area contributed by atoms with E-state index in [0.717, 1.165) is 21.0 Å². The van der Waals surface area contributed by atoms with Crippen LogP contribution in [0.25, 0.3) is 21.0 Å². The number of fused-ring (bicyclic) bond motifs is 3. The van der Waals surface area contributed by atoms with Crippen molar-refractivity contribution in [1.82, 2.24) is 10.4 Å². The summed E-state index contributed by atoms with van der Waals surface area (Å²) in [6.45, 7) is 0. The van der Waals surface area contributed by atoms with Gasteiger partial charge in [0.25, 0.3) is 0 Å². The van der Waals surface area contributed by atoms with E-state index in [-0.39, 0.29) is 5.02 Å². The molecular weight excluding hydrogens is 387 g/mol. The number of amidine groups is 1. The monoisotopic (exact) mass is 400 g/mol. The van der Waals surface area contributed by atoms with Crippen LogP contribution >= 0.6 is 22.9 Å². The van der Waals surface area contributed by atoms with Gasteiger partial charge in [-0.05, 0) is 35.7 Å². The van der Waals surface area contributed by atoms with Crippen molar-refractivity contribution in [2.24, 2.45) is 16.8 Å². The fourth-order valence-corrected chi connectivity index (χ4v) is 3.90. The molecule has 0 unspecified atom stereocenters. The number of nitrogens with zero attached hydrogens (tertiary/aromatic N) is 2. The van der Waals surface area contributed by atoms with Gasteiger partial charge in [-0.25, -0.2) is 15.2 Å². The average Bonchev–Trinajstić information content (AvgIpc) is 3.16. The van der Waals surface area contributed by atoms with Gasteiger partial charge in [0.2, 0.25) is 0 Å². The van der Waals surface area contributed by atoms with E-state index in [2.05, 4.69) is 15.8 Å². The first kappa shape index (κ1) is 17.5. The normalized spacial score (nSPS) is 11.9. The van der Waals surface area contributed by atoms with Crippen molar-refractivity contribution in [2.75, 3.05) is 5.32 Å². The Hall–Kier alpha value is -2.94. The van der Waals surface area contributed by atoms with Crippen molar-refractivity contribution < 1.29 is 4.39 Å². The van der Waals surface area contributed by atoms with E-state index in [0.29, 0.717) is 22.9 Å². The van der Waals surface area contributed by atoms with Crippen LogP contribution in [0.2, 0.25) is 5.02 Å². The summed E-state index contributed by atoms with van der Waals surface area (Å²) in [5, 5.41) is 10.9. The van der Waals surface area contributed by atoms with E-state index in [4.69, 9.17) is 28.3 Å². The van der Waals surface area contributed by atoms with Gasteiger partial charge in [-0.2, -0.15) is 5.10 Å². The van der Waals surface area contributed by atoms with Crippen molar-refractivity contribution in [3.63, 3.8) is 0 Å². The van der Waals surface area contributed by atoms with Crippen LogP contribution in [0.4, 0.5) is 15.9 Å². The molecule has 4 aromatic rings. The van der Waals surface area contributed by atoms with Crippen molar-refractivity contribution in [2.45, 2.75) is 0 Å². The van der Waals surface area contributed by atoms with Gasteiger partial charge in [-0.15, -0.1) is 11.3 Å². The predicted octanol–water partition coefficient (Wildman–Crippen LogP) is 4.07. The second-order valence-corrected chi connectivity index (χ2v) is 7.05. The van der Waals surface area contributed by atoms with Crippen LogP contribution in [0.3, 0.4) is 0 Å². The lowest BCUT2D eigenvalue weighted by atomic mass is 10.1. The van der Waals surface area contributed by atoms with Gasteiger partial charge in [-0.3, -0.25) is 0 Å². The van der Waals surface area contributed by atoms with Gasteiger partial charge in [0.15, 0.2) is 5.84 Å². The Labute approximate surface area is 162 Å². The molecule has 0 amide bonds. The van der Waals surface area contributed by atoms with Gasteiger partial charge < -0.3 is 16.6 Å². The molecule has 0 radical (unpaired) electrons. The molecule has 0 saturated carbocycles. The molecule has 0 fully saturated rings. The fraction of sp³-hybridized carbons (Fsp3) is 0. The van der Waals surface area contributed by atoms with E-state index in [1.54, 1.807) is 17.4 Å². The second-order valence-electron chi connectivity index (χ2n) is 5.73. The quantitative estimate of drug-likeness (QED) is 0.180. The minimum Gasteiger partial charge on any atom is -0.339 e. The number of halogens is 2. The fourth-order valence-electron chi connectivity index (χ4n) is 2.87. The first-order valence-electron chi connectivity index (χ1n) is 7.88. The van der Waals surface area contributed by atoms with Crippen LogP contribution in [0.15, 0.2) is 52.9 Å². The Morgan fingerprint density at radius 3 is 2.74 bits per heavy atom. The number of nitrogens with one attached hydrogen (secondary N) is 2. The van der Waals surface area contributed by atoms with Gasteiger partial charge in [0.1, 0.15) is 11.6 Å². The number of hydrogen-bond acceptors (Lipinski definition) is 6. The van der Waals surface area contributed by atoms with E-state index >= 15 is 0 Å². The van der Waals surface area contributed by atoms with Crippen LogP contribution in [0.1, 0.15) is 5.56 Å². The number of pyridine rings is 1. The van der Waals surface area contributed by atoms with Crippen LogP contribution in [0.5, 0.6) is 0 Å². The largest absolute Gasteiger partial charge is 0.339 e. The number of rotatable bonds is 3. The number of hydrogen-bond donors (Lipinski definition) is 4. The van der Waals surface area contributed by atoms with Gasteiger partial charge >= 0.3 is 0 Å². The second kappa shape index (κ2) is 6.99. The summed E-state index contributed by atoms with van der Waals surface area (Å²) >= 11 is 7.45. The summed E-state index contributed by atoms with van der Waals surface area (Å²) in [5.74, 6) is 11.4. The Kier molecular flexibility index (Phi) is 4.53. The average molecular weight is 401 g/mol. The molecule has 0 aliphatic carbocycles. The number of benzene rings is 2. The lowest BCUT2D eigenvalue weighted by Crippen LogP contribution is -2.32. The van der Waals surface area contributed by atoms with Crippen LogP contribution in [-0.4, -0.2) is 10.8 Å². The summed E-state index contributed by atoms with van der Waals surface area (Å²) in [6.07, 6.45) is 0. The Morgan fingerprint density at radius 1 is 1.15 bits per heavy atom. The molecule has 2 heterocycles. The smallest absolute Gasteiger partial charge is 0.166 e. The van der Waals surface area contributed by atoms with Gasteiger partial charge in [0, 0.05) is 22.0 Å². The molecule has 2 aromatic heterocycles. The van der Waals surface area contributed by atoms with Crippen LogP contribution < -0.4 is 22.4 Å². The van der Waals surface area contributed by atoms with Crippen LogP contribution in [-0.2, 0) is 0 Å². The zero-order valence-electron chi connectivity index (χ0n) is 13.8. The van der Waals surface area contributed by atoms with Gasteiger partial charge in [0.05, 0.1) is 15.2 Å². The lowest BCUT2D eigenvalue weighted by molar-refractivity contribution is 0.628. The molecule has 0 bridgehead atoms. The molecule has 0 atom stereocenters. The highest BCUT2D eigenvalue weighted by atomic mass is 35.5. The van der Waals surface area contributed by atoms with Crippen molar-refractivity contribution in [3.05, 3.63) is 64.2 Å². The third-order valence-electron chi connectivity index (χ3n) is 4.12. The highest BCUT2D eigenvalue weighted by molar-refractivity contribution is 7.18. The minimum absolute atomic E-state index is 0.0447. The third kappa shape index (κ3) is 3.14. The topological polar surface area (TPSA) is 101 Å². The number of thiophene rings is 1. The Morgan fingerprint density at radius 2 is 2.00 bits per heavy atom. The molecule has 136 valence electrons. The number of aromatic nitrogens is 1. The highest BCUT2D eigenvalue weighted by Crippen LogP contribution is 2.35. The summed E-state index contributed by atoms with van der Waals surface area (Å²) in [5.41, 5.74) is 4.56. The zero-order valence-corrected chi connectivity index (χ0v) is 15.4. The zero-order chi connectivity index (χ0) is 19.0. The first-order chi connectivity index (χ1) is 13.1. The van der Waals surface area contributed by atoms with Crippen molar-refractivity contribution in [1.29, 1.82) is 0 Å². The summed E-state index contributed by atoms with van der Waals surface area (Å²) < 4.78 is 14.4. The maximum absolute atomic E-state index is 13.4. The highest BCUT2D eigenvalue weighted by Gasteiger charge is 2.12. The molecule has 9 heteroatoms. The van der Waals surface area contributed by atoms with E-state index in [9.17, 15) is 4.39 Å². The molecule has 0 aliphatic rings.